The molecule has 4 rings (SSSR count). The number of nitrogens with one attached hydrogen (secondary N) is 1. The summed E-state index contributed by atoms with van der Waals surface area (Å²) < 4.78 is 7.82. The summed E-state index contributed by atoms with van der Waals surface area (Å²) in [6.45, 7) is 0.731. The van der Waals surface area contributed by atoms with Gasteiger partial charge in [-0.1, -0.05) is 30.3 Å². The van der Waals surface area contributed by atoms with Crippen LogP contribution in [-0.2, 0) is 17.9 Å². The van der Waals surface area contributed by atoms with Crippen molar-refractivity contribution in [2.75, 3.05) is 5.32 Å². The normalized spacial score (nSPS) is 10.7. The van der Waals surface area contributed by atoms with E-state index in [1.54, 1.807) is 18.5 Å². The van der Waals surface area contributed by atoms with Gasteiger partial charge < -0.3 is 14.6 Å². The second-order valence-electron chi connectivity index (χ2n) is 6.23. The molecule has 2 aromatic carbocycles. The van der Waals surface area contributed by atoms with Crippen molar-refractivity contribution in [2.45, 2.75) is 13.2 Å². The number of nitrogens with zero attached hydrogens (tertiary/aromatic N) is 2. The molecule has 0 atom stereocenters. The zero-order valence-corrected chi connectivity index (χ0v) is 14.7. The molecule has 27 heavy (non-hydrogen) atoms. The number of anilines is 1. The molecule has 0 aliphatic heterocycles. The van der Waals surface area contributed by atoms with E-state index in [1.807, 2.05) is 71.4 Å². The number of aromatic nitrogens is 2. The van der Waals surface area contributed by atoms with E-state index >= 15 is 0 Å². The van der Waals surface area contributed by atoms with Crippen LogP contribution in [0.3, 0.4) is 0 Å². The monoisotopic (exact) mass is 357 g/mol. The van der Waals surface area contributed by atoms with Crippen molar-refractivity contribution in [3.05, 3.63) is 90.9 Å². The largest absolute Gasteiger partial charge is 0.489 e. The molecular formula is C22H19N3O2. The van der Waals surface area contributed by atoms with E-state index in [4.69, 9.17) is 4.74 Å². The fourth-order valence-electron chi connectivity index (χ4n) is 2.92. The maximum absolute atomic E-state index is 12.3. The molecule has 5 nitrogen and oxygen atoms in total. The van der Waals surface area contributed by atoms with E-state index in [1.165, 1.54) is 0 Å². The Labute approximate surface area is 157 Å². The van der Waals surface area contributed by atoms with Crippen LogP contribution in [0.15, 0.2) is 85.3 Å². The van der Waals surface area contributed by atoms with Crippen molar-refractivity contribution in [1.82, 2.24) is 9.55 Å². The predicted molar refractivity (Wildman–Crippen MR) is 106 cm³/mol. The van der Waals surface area contributed by atoms with Crippen LogP contribution in [0.4, 0.5) is 5.69 Å². The van der Waals surface area contributed by atoms with Crippen molar-refractivity contribution in [3.63, 3.8) is 0 Å². The first kappa shape index (κ1) is 16.8. The molecular weight excluding hydrogens is 338 g/mol. The van der Waals surface area contributed by atoms with Crippen molar-refractivity contribution < 1.29 is 9.53 Å². The highest BCUT2D eigenvalue weighted by Crippen LogP contribution is 2.23. The zero-order valence-electron chi connectivity index (χ0n) is 14.7. The van der Waals surface area contributed by atoms with E-state index in [9.17, 15) is 4.79 Å². The standard InChI is InChI=1S/C22H19N3O2/c26-22(24-19-7-4-11-23-14-19)15-25-12-10-18-8-9-20(13-21(18)25)27-16-17-5-2-1-3-6-17/h1-14H,15-16H2,(H,24,26). The number of hydrogen-bond donors (Lipinski definition) is 1. The minimum atomic E-state index is -0.101. The third-order valence-corrected chi connectivity index (χ3v) is 4.25. The molecule has 134 valence electrons. The highest BCUT2D eigenvalue weighted by Gasteiger charge is 2.08. The molecule has 0 aliphatic carbocycles. The number of benzene rings is 2. The number of hydrogen-bond acceptors (Lipinski definition) is 3. The Morgan fingerprint density at radius 2 is 1.93 bits per heavy atom. The van der Waals surface area contributed by atoms with Gasteiger partial charge in [-0.15, -0.1) is 0 Å². The van der Waals surface area contributed by atoms with Crippen LogP contribution in [0, 0.1) is 0 Å². The van der Waals surface area contributed by atoms with Crippen LogP contribution in [0.1, 0.15) is 5.56 Å². The molecule has 1 N–H and O–H groups in total. The first-order chi connectivity index (χ1) is 13.3. The molecule has 0 aliphatic rings. The quantitative estimate of drug-likeness (QED) is 0.561. The van der Waals surface area contributed by atoms with Gasteiger partial charge in [-0.05, 0) is 41.3 Å². The molecule has 0 unspecified atom stereocenters. The average molecular weight is 357 g/mol. The second-order valence-corrected chi connectivity index (χ2v) is 6.23. The van der Waals surface area contributed by atoms with Crippen LogP contribution >= 0.6 is 0 Å². The summed E-state index contributed by atoms with van der Waals surface area (Å²) in [4.78, 5) is 16.3. The minimum Gasteiger partial charge on any atom is -0.489 e. The van der Waals surface area contributed by atoms with Gasteiger partial charge in [0.15, 0.2) is 0 Å². The summed E-state index contributed by atoms with van der Waals surface area (Å²) >= 11 is 0. The molecule has 0 bridgehead atoms. The summed E-state index contributed by atoms with van der Waals surface area (Å²) in [6.07, 6.45) is 5.21. The molecule has 2 aromatic heterocycles. The summed E-state index contributed by atoms with van der Waals surface area (Å²) in [5.41, 5.74) is 2.76. The molecule has 2 heterocycles. The maximum atomic E-state index is 12.3. The first-order valence-electron chi connectivity index (χ1n) is 8.73. The molecule has 0 saturated carbocycles. The van der Waals surface area contributed by atoms with E-state index in [0.29, 0.717) is 12.3 Å². The van der Waals surface area contributed by atoms with Crippen LogP contribution < -0.4 is 10.1 Å². The SMILES string of the molecule is O=C(Cn1ccc2ccc(OCc3ccccc3)cc21)Nc1cccnc1. The lowest BCUT2D eigenvalue weighted by atomic mass is 10.2. The van der Waals surface area contributed by atoms with Gasteiger partial charge in [0.2, 0.25) is 5.91 Å². The van der Waals surface area contributed by atoms with E-state index in [-0.39, 0.29) is 12.5 Å². The summed E-state index contributed by atoms with van der Waals surface area (Å²) in [7, 11) is 0. The van der Waals surface area contributed by atoms with Crippen LogP contribution in [0.5, 0.6) is 5.75 Å². The molecule has 0 fully saturated rings. The predicted octanol–water partition coefficient (Wildman–Crippen LogP) is 4.25. The van der Waals surface area contributed by atoms with Crippen molar-refractivity contribution in [1.29, 1.82) is 0 Å². The first-order valence-corrected chi connectivity index (χ1v) is 8.73. The molecule has 5 heteroatoms. The van der Waals surface area contributed by atoms with E-state index < -0.39 is 0 Å². The number of carbonyl (C=O) groups excluding carboxylic acids is 1. The third-order valence-electron chi connectivity index (χ3n) is 4.25. The highest BCUT2D eigenvalue weighted by molar-refractivity contribution is 5.92. The van der Waals surface area contributed by atoms with Gasteiger partial charge in [-0.3, -0.25) is 9.78 Å². The Morgan fingerprint density at radius 1 is 1.04 bits per heavy atom. The van der Waals surface area contributed by atoms with Gasteiger partial charge in [0.05, 0.1) is 17.4 Å². The summed E-state index contributed by atoms with van der Waals surface area (Å²) in [5, 5.41) is 3.92. The number of rotatable bonds is 6. The van der Waals surface area contributed by atoms with E-state index in [2.05, 4.69) is 10.3 Å². The summed E-state index contributed by atoms with van der Waals surface area (Å²) in [6, 6.07) is 21.6. The Morgan fingerprint density at radius 3 is 2.74 bits per heavy atom. The number of pyridine rings is 1. The molecule has 1 amide bonds. The van der Waals surface area contributed by atoms with Crippen molar-refractivity contribution in [3.8, 4) is 5.75 Å². The van der Waals surface area contributed by atoms with Gasteiger partial charge in [0.1, 0.15) is 18.9 Å². The van der Waals surface area contributed by atoms with Gasteiger partial charge in [0.25, 0.3) is 0 Å². The highest BCUT2D eigenvalue weighted by atomic mass is 16.5. The Hall–Kier alpha value is -3.60. The molecule has 0 saturated heterocycles. The Bertz CT molecular complexity index is 1040. The lowest BCUT2D eigenvalue weighted by molar-refractivity contribution is -0.116. The maximum Gasteiger partial charge on any atom is 0.244 e. The van der Waals surface area contributed by atoms with E-state index in [0.717, 1.165) is 22.2 Å². The second kappa shape index (κ2) is 7.74. The number of ether oxygens (including phenoxy) is 1. The number of carbonyl (C=O) groups is 1. The fraction of sp³-hybridized carbons (Fsp3) is 0.0909. The molecule has 0 radical (unpaired) electrons. The van der Waals surface area contributed by atoms with Crippen molar-refractivity contribution in [2.24, 2.45) is 0 Å². The zero-order chi connectivity index (χ0) is 18.5. The third kappa shape index (κ3) is 4.15. The van der Waals surface area contributed by atoms with Gasteiger partial charge in [-0.2, -0.15) is 0 Å². The Kier molecular flexibility index (Phi) is 4.83. The number of fused-ring (bicyclic) bond motifs is 1. The fourth-order valence-corrected chi connectivity index (χ4v) is 2.92. The van der Waals surface area contributed by atoms with Crippen LogP contribution in [0.2, 0.25) is 0 Å². The average Bonchev–Trinajstić information content (AvgIpc) is 3.10. The number of amides is 1. The van der Waals surface area contributed by atoms with Crippen molar-refractivity contribution >= 4 is 22.5 Å². The summed E-state index contributed by atoms with van der Waals surface area (Å²) in [5.74, 6) is 0.676. The van der Waals surface area contributed by atoms with Gasteiger partial charge in [0, 0.05) is 18.5 Å². The Balaban J connectivity index is 1.47. The lowest BCUT2D eigenvalue weighted by Gasteiger charge is -2.09. The van der Waals surface area contributed by atoms with Crippen LogP contribution in [-0.4, -0.2) is 15.5 Å². The van der Waals surface area contributed by atoms with Crippen LogP contribution in [0.25, 0.3) is 10.9 Å². The van der Waals surface area contributed by atoms with Gasteiger partial charge >= 0.3 is 0 Å². The topological polar surface area (TPSA) is 56.1 Å². The lowest BCUT2D eigenvalue weighted by Crippen LogP contribution is -2.18. The molecule has 4 aromatic rings. The molecule has 0 spiro atoms. The smallest absolute Gasteiger partial charge is 0.244 e. The minimum absolute atomic E-state index is 0.101. The van der Waals surface area contributed by atoms with Gasteiger partial charge in [-0.25, -0.2) is 0 Å².